The summed E-state index contributed by atoms with van der Waals surface area (Å²) in [5, 5.41) is 12.9. The first kappa shape index (κ1) is 14.6. The number of nitrogens with zero attached hydrogens (tertiary/aromatic N) is 1. The van der Waals surface area contributed by atoms with E-state index in [1.165, 1.54) is 7.05 Å². The zero-order valence-electron chi connectivity index (χ0n) is 11.2. The Morgan fingerprint density at radius 3 is 2.75 bits per heavy atom. The molecule has 1 aliphatic heterocycles. The maximum atomic E-state index is 12.0. The summed E-state index contributed by atoms with van der Waals surface area (Å²) >= 11 is 1.10. The van der Waals surface area contributed by atoms with Gasteiger partial charge in [0.05, 0.1) is 17.4 Å². The van der Waals surface area contributed by atoms with E-state index in [9.17, 15) is 14.7 Å². The molecule has 6 N–H and O–H groups in total. The standard InChI is InChI=1S/C12H18N4O3S/c1-15-11(19)7-8(13)9(10(14)18)20-12(7)16-4-2-3-6(17)5-16/h6,17H,2-5,13H2,1H3,(H2,14,18)(H,15,19). The van der Waals surface area contributed by atoms with Gasteiger partial charge in [0.25, 0.3) is 11.8 Å². The number of piperidine rings is 1. The number of β-amino-alcohol motifs (C(OH)–C–C–N with tert-alkyl or cyclic N) is 1. The van der Waals surface area contributed by atoms with Gasteiger partial charge in [-0.2, -0.15) is 0 Å². The van der Waals surface area contributed by atoms with Crippen molar-refractivity contribution in [3.05, 3.63) is 10.4 Å². The van der Waals surface area contributed by atoms with Gasteiger partial charge in [0.2, 0.25) is 0 Å². The molecule has 2 heterocycles. The number of amides is 2. The van der Waals surface area contributed by atoms with Gasteiger partial charge in [-0.05, 0) is 12.8 Å². The van der Waals surface area contributed by atoms with Crippen molar-refractivity contribution < 1.29 is 14.7 Å². The van der Waals surface area contributed by atoms with Crippen molar-refractivity contribution in [1.29, 1.82) is 0 Å². The number of carbonyl (C=O) groups excluding carboxylic acids is 2. The highest BCUT2D eigenvalue weighted by Crippen LogP contribution is 2.39. The Labute approximate surface area is 120 Å². The number of nitrogen functional groups attached to an aromatic ring is 1. The van der Waals surface area contributed by atoms with Crippen molar-refractivity contribution in [2.75, 3.05) is 30.8 Å². The smallest absolute Gasteiger partial charge is 0.260 e. The lowest BCUT2D eigenvalue weighted by Gasteiger charge is -2.31. The van der Waals surface area contributed by atoms with Crippen LogP contribution in [-0.4, -0.2) is 43.2 Å². The number of nitrogens with two attached hydrogens (primary N) is 2. The minimum absolute atomic E-state index is 0.108. The number of anilines is 2. The predicted octanol–water partition coefficient (Wildman–Crippen LogP) is -0.250. The minimum Gasteiger partial charge on any atom is -0.397 e. The summed E-state index contributed by atoms with van der Waals surface area (Å²) in [5.41, 5.74) is 11.5. The Bertz CT molecular complexity index is 543. The number of rotatable bonds is 3. The van der Waals surface area contributed by atoms with E-state index in [1.54, 1.807) is 0 Å². The van der Waals surface area contributed by atoms with Gasteiger partial charge in [0.1, 0.15) is 9.88 Å². The molecule has 0 radical (unpaired) electrons. The first-order valence-corrected chi connectivity index (χ1v) is 7.14. The largest absolute Gasteiger partial charge is 0.397 e. The molecule has 1 unspecified atom stereocenters. The van der Waals surface area contributed by atoms with Gasteiger partial charge in [-0.1, -0.05) is 0 Å². The summed E-state index contributed by atoms with van der Waals surface area (Å²) in [6.07, 6.45) is 1.11. The van der Waals surface area contributed by atoms with Gasteiger partial charge in [-0.15, -0.1) is 11.3 Å². The Balaban J connectivity index is 2.47. The fourth-order valence-electron chi connectivity index (χ4n) is 2.32. The fourth-order valence-corrected chi connectivity index (χ4v) is 3.43. The Kier molecular flexibility index (Phi) is 4.15. The summed E-state index contributed by atoms with van der Waals surface area (Å²) in [4.78, 5) is 25.4. The van der Waals surface area contributed by atoms with Crippen LogP contribution in [0.15, 0.2) is 0 Å². The van der Waals surface area contributed by atoms with Crippen LogP contribution >= 0.6 is 11.3 Å². The highest BCUT2D eigenvalue weighted by atomic mass is 32.1. The topological polar surface area (TPSA) is 122 Å². The molecular formula is C12H18N4O3S. The number of aliphatic hydroxyl groups excluding tert-OH is 1. The van der Waals surface area contributed by atoms with Crippen molar-refractivity contribution >= 4 is 33.8 Å². The fraction of sp³-hybridized carbons (Fsp3) is 0.500. The molecule has 20 heavy (non-hydrogen) atoms. The first-order valence-electron chi connectivity index (χ1n) is 6.32. The molecule has 8 heteroatoms. The minimum atomic E-state index is -0.651. The van der Waals surface area contributed by atoms with E-state index in [4.69, 9.17) is 11.5 Å². The number of primary amides is 1. The lowest BCUT2D eigenvalue weighted by molar-refractivity contribution is 0.0963. The molecule has 0 spiro atoms. The molecule has 7 nitrogen and oxygen atoms in total. The summed E-state index contributed by atoms with van der Waals surface area (Å²) in [7, 11) is 1.50. The van der Waals surface area contributed by atoms with Gasteiger partial charge in [0.15, 0.2) is 0 Å². The third-order valence-corrected chi connectivity index (χ3v) is 4.57. The van der Waals surface area contributed by atoms with Gasteiger partial charge >= 0.3 is 0 Å². The Morgan fingerprint density at radius 2 is 2.20 bits per heavy atom. The predicted molar refractivity (Wildman–Crippen MR) is 78.1 cm³/mol. The average molecular weight is 298 g/mol. The number of hydrogen-bond donors (Lipinski definition) is 4. The maximum Gasteiger partial charge on any atom is 0.260 e. The van der Waals surface area contributed by atoms with Gasteiger partial charge in [-0.3, -0.25) is 9.59 Å². The van der Waals surface area contributed by atoms with Crippen molar-refractivity contribution in [1.82, 2.24) is 5.32 Å². The number of nitrogens with one attached hydrogen (secondary N) is 1. The SMILES string of the molecule is CNC(=O)c1c(N2CCCC(O)C2)sc(C(N)=O)c1N. The zero-order chi connectivity index (χ0) is 14.9. The molecule has 0 saturated carbocycles. The number of thiophene rings is 1. The van der Waals surface area contributed by atoms with Crippen LogP contribution in [0.3, 0.4) is 0 Å². The highest BCUT2D eigenvalue weighted by Gasteiger charge is 2.29. The van der Waals surface area contributed by atoms with Crippen LogP contribution in [0.4, 0.5) is 10.7 Å². The van der Waals surface area contributed by atoms with Crippen molar-refractivity contribution in [2.45, 2.75) is 18.9 Å². The third kappa shape index (κ3) is 2.56. The average Bonchev–Trinajstić information content (AvgIpc) is 2.75. The number of aliphatic hydroxyl groups is 1. The van der Waals surface area contributed by atoms with Crippen molar-refractivity contribution in [3.63, 3.8) is 0 Å². The molecular weight excluding hydrogens is 280 g/mol. The second-order valence-corrected chi connectivity index (χ2v) is 5.71. The molecule has 1 saturated heterocycles. The summed E-state index contributed by atoms with van der Waals surface area (Å²) in [6.45, 7) is 1.13. The highest BCUT2D eigenvalue weighted by molar-refractivity contribution is 7.19. The molecule has 1 aliphatic rings. The molecule has 1 fully saturated rings. The van der Waals surface area contributed by atoms with Crippen LogP contribution < -0.4 is 21.7 Å². The quantitative estimate of drug-likeness (QED) is 0.613. The zero-order valence-corrected chi connectivity index (χ0v) is 12.0. The van der Waals surface area contributed by atoms with Crippen LogP contribution in [0.5, 0.6) is 0 Å². The lowest BCUT2D eigenvalue weighted by Crippen LogP contribution is -2.38. The molecule has 1 aromatic heterocycles. The summed E-state index contributed by atoms with van der Waals surface area (Å²) in [5.74, 6) is -1.01. The van der Waals surface area contributed by atoms with Crippen LogP contribution in [0.1, 0.15) is 32.9 Å². The monoisotopic (exact) mass is 298 g/mol. The van der Waals surface area contributed by atoms with E-state index < -0.39 is 12.0 Å². The molecule has 0 aromatic carbocycles. The van der Waals surface area contributed by atoms with Crippen LogP contribution in [-0.2, 0) is 0 Å². The molecule has 2 amide bonds. The summed E-state index contributed by atoms with van der Waals surface area (Å²) < 4.78 is 0. The maximum absolute atomic E-state index is 12.0. The Morgan fingerprint density at radius 1 is 1.50 bits per heavy atom. The van der Waals surface area contributed by atoms with E-state index in [1.807, 2.05) is 4.90 Å². The van der Waals surface area contributed by atoms with Gasteiger partial charge in [-0.25, -0.2) is 0 Å². The second kappa shape index (κ2) is 5.68. The molecule has 0 aliphatic carbocycles. The van der Waals surface area contributed by atoms with Crippen LogP contribution in [0.2, 0.25) is 0 Å². The normalized spacial score (nSPS) is 18.9. The first-order chi connectivity index (χ1) is 9.45. The van der Waals surface area contributed by atoms with Gasteiger partial charge in [0, 0.05) is 20.1 Å². The summed E-state index contributed by atoms with van der Waals surface area (Å²) in [6, 6.07) is 0. The molecule has 0 bridgehead atoms. The van der Waals surface area contributed by atoms with E-state index in [0.717, 1.165) is 24.2 Å². The van der Waals surface area contributed by atoms with E-state index in [2.05, 4.69) is 5.32 Å². The lowest BCUT2D eigenvalue weighted by atomic mass is 10.1. The van der Waals surface area contributed by atoms with Crippen molar-refractivity contribution in [3.8, 4) is 0 Å². The van der Waals surface area contributed by atoms with Crippen LogP contribution in [0.25, 0.3) is 0 Å². The van der Waals surface area contributed by atoms with Gasteiger partial charge < -0.3 is 26.8 Å². The number of hydrogen-bond acceptors (Lipinski definition) is 6. The number of carbonyl (C=O) groups is 2. The Hall–Kier alpha value is -1.80. The van der Waals surface area contributed by atoms with Crippen LogP contribution in [0, 0.1) is 0 Å². The van der Waals surface area contributed by atoms with E-state index >= 15 is 0 Å². The molecule has 1 aromatic rings. The van der Waals surface area contributed by atoms with E-state index in [0.29, 0.717) is 18.1 Å². The molecule has 1 atom stereocenters. The molecule has 110 valence electrons. The molecule has 2 rings (SSSR count). The van der Waals surface area contributed by atoms with Crippen molar-refractivity contribution in [2.24, 2.45) is 5.73 Å². The van der Waals surface area contributed by atoms with E-state index in [-0.39, 0.29) is 22.0 Å². The second-order valence-electron chi connectivity index (χ2n) is 4.71. The third-order valence-electron chi connectivity index (χ3n) is 3.29.